The first kappa shape index (κ1) is 20.7. The molecule has 1 aromatic heterocycles. The molecule has 3 heterocycles. The molecule has 0 radical (unpaired) electrons. The highest BCUT2D eigenvalue weighted by Crippen LogP contribution is 2.37. The number of hydrogen-bond donors (Lipinski definition) is 1. The van der Waals surface area contributed by atoms with E-state index < -0.39 is 6.04 Å². The van der Waals surface area contributed by atoms with Crippen LogP contribution in [0.15, 0.2) is 48.5 Å². The van der Waals surface area contributed by atoms with Crippen LogP contribution in [0.1, 0.15) is 50.6 Å². The largest absolute Gasteiger partial charge is 0.376 e. The Labute approximate surface area is 187 Å². The normalized spacial score (nSPS) is 20.3. The average Bonchev–Trinajstić information content (AvgIpc) is 3.48. The summed E-state index contributed by atoms with van der Waals surface area (Å²) in [7, 11) is 0. The number of imidazole rings is 1. The zero-order valence-electron chi connectivity index (χ0n) is 18.5. The van der Waals surface area contributed by atoms with E-state index in [1.807, 2.05) is 53.1 Å². The summed E-state index contributed by atoms with van der Waals surface area (Å²) < 4.78 is 7.67. The monoisotopic (exact) mass is 432 g/mol. The second-order valence-corrected chi connectivity index (χ2v) is 8.90. The molecule has 3 aromatic rings. The molecule has 2 aliphatic heterocycles. The van der Waals surface area contributed by atoms with E-state index in [-0.39, 0.29) is 24.3 Å². The molecule has 0 aliphatic carbocycles. The molecule has 1 fully saturated rings. The van der Waals surface area contributed by atoms with Crippen LogP contribution in [0.25, 0.3) is 11.0 Å². The molecule has 0 unspecified atom stereocenters. The van der Waals surface area contributed by atoms with Gasteiger partial charge in [-0.25, -0.2) is 4.98 Å². The first-order chi connectivity index (χ1) is 15.5. The Balaban J connectivity index is 1.39. The molecule has 0 spiro atoms. The second-order valence-electron chi connectivity index (χ2n) is 8.90. The highest BCUT2D eigenvalue weighted by atomic mass is 16.5. The number of nitrogens with one attached hydrogen (secondary N) is 1. The number of fused-ring (bicyclic) bond motifs is 3. The van der Waals surface area contributed by atoms with Crippen LogP contribution >= 0.6 is 0 Å². The molecule has 2 amide bonds. The molecule has 0 saturated carbocycles. The van der Waals surface area contributed by atoms with Crippen LogP contribution in [0.2, 0.25) is 0 Å². The molecule has 1 saturated heterocycles. The molecule has 166 valence electrons. The molecule has 5 rings (SSSR count). The van der Waals surface area contributed by atoms with Crippen molar-refractivity contribution < 1.29 is 14.3 Å². The van der Waals surface area contributed by atoms with E-state index in [1.54, 1.807) is 4.90 Å². The van der Waals surface area contributed by atoms with Crippen molar-refractivity contribution in [1.29, 1.82) is 0 Å². The Morgan fingerprint density at radius 1 is 1.19 bits per heavy atom. The number of benzene rings is 2. The third kappa shape index (κ3) is 3.77. The van der Waals surface area contributed by atoms with E-state index in [2.05, 4.69) is 19.2 Å². The van der Waals surface area contributed by atoms with Crippen molar-refractivity contribution in [3.05, 3.63) is 54.1 Å². The summed E-state index contributed by atoms with van der Waals surface area (Å²) in [6.07, 6.45) is 2.01. The number of rotatable bonds is 6. The number of hydrogen-bond acceptors (Lipinski definition) is 4. The van der Waals surface area contributed by atoms with E-state index in [0.29, 0.717) is 18.4 Å². The van der Waals surface area contributed by atoms with Crippen LogP contribution in [-0.2, 0) is 14.3 Å². The van der Waals surface area contributed by atoms with Gasteiger partial charge in [-0.2, -0.15) is 0 Å². The number of carbonyl (C=O) groups excluding carboxylic acids is 2. The molecule has 7 nitrogen and oxygen atoms in total. The Hall–Kier alpha value is -3.19. The zero-order chi connectivity index (χ0) is 22.2. The summed E-state index contributed by atoms with van der Waals surface area (Å²) in [5.74, 6) is 0.742. The highest BCUT2D eigenvalue weighted by Gasteiger charge is 2.42. The molecule has 32 heavy (non-hydrogen) atoms. The quantitative estimate of drug-likeness (QED) is 0.632. The summed E-state index contributed by atoms with van der Waals surface area (Å²) >= 11 is 0. The lowest BCUT2D eigenvalue weighted by molar-refractivity contribution is -0.124. The van der Waals surface area contributed by atoms with Gasteiger partial charge in [-0.05, 0) is 48.6 Å². The van der Waals surface area contributed by atoms with Gasteiger partial charge in [-0.3, -0.25) is 19.1 Å². The SMILES string of the molecule is CC(C)c1ccc(NC(=O)C[C@H]2C(=O)N(C[C@H]3CCCO3)c3nc4ccccc4n32)cc1. The number of carbonyl (C=O) groups is 2. The number of ether oxygens (including phenoxy) is 1. The van der Waals surface area contributed by atoms with Gasteiger partial charge in [0.05, 0.1) is 30.1 Å². The summed E-state index contributed by atoms with van der Waals surface area (Å²) in [6.45, 7) is 5.46. The van der Waals surface area contributed by atoms with Gasteiger partial charge < -0.3 is 10.1 Å². The van der Waals surface area contributed by atoms with Crippen LogP contribution in [0.3, 0.4) is 0 Å². The predicted octanol–water partition coefficient (Wildman–Crippen LogP) is 4.26. The summed E-state index contributed by atoms with van der Waals surface area (Å²) in [4.78, 5) is 32.7. The standard InChI is InChI=1S/C25H28N4O3/c1-16(2)17-9-11-18(12-10-17)26-23(30)14-22-24(31)28(15-19-6-5-13-32-19)25-27-20-7-3-4-8-21(20)29(22)25/h3-4,7-12,16,19,22H,5-6,13-15H2,1-2H3,(H,26,30)/t19-,22+/m1/s1. The lowest BCUT2D eigenvalue weighted by atomic mass is 10.0. The first-order valence-electron chi connectivity index (χ1n) is 11.3. The molecule has 0 bridgehead atoms. The Morgan fingerprint density at radius 3 is 2.69 bits per heavy atom. The summed E-state index contributed by atoms with van der Waals surface area (Å²) in [6, 6.07) is 15.0. The van der Waals surface area contributed by atoms with E-state index >= 15 is 0 Å². The highest BCUT2D eigenvalue weighted by molar-refractivity contribution is 6.05. The maximum atomic E-state index is 13.4. The Morgan fingerprint density at radius 2 is 1.97 bits per heavy atom. The minimum absolute atomic E-state index is 0.0132. The number of amides is 2. The van der Waals surface area contributed by atoms with E-state index in [1.165, 1.54) is 5.56 Å². The number of anilines is 2. The molecule has 7 heteroatoms. The minimum atomic E-state index is -0.617. The number of para-hydroxylation sites is 2. The van der Waals surface area contributed by atoms with Gasteiger partial charge in [0.1, 0.15) is 6.04 Å². The van der Waals surface area contributed by atoms with Crippen molar-refractivity contribution in [3.63, 3.8) is 0 Å². The van der Waals surface area contributed by atoms with Gasteiger partial charge in [0, 0.05) is 12.3 Å². The van der Waals surface area contributed by atoms with Crippen molar-refractivity contribution >= 4 is 34.5 Å². The van der Waals surface area contributed by atoms with E-state index in [0.717, 1.165) is 36.2 Å². The van der Waals surface area contributed by atoms with Crippen molar-refractivity contribution in [2.75, 3.05) is 23.4 Å². The van der Waals surface area contributed by atoms with Crippen LogP contribution < -0.4 is 10.2 Å². The van der Waals surface area contributed by atoms with Crippen LogP contribution in [-0.4, -0.2) is 40.6 Å². The van der Waals surface area contributed by atoms with Gasteiger partial charge in [-0.15, -0.1) is 0 Å². The molecule has 1 N–H and O–H groups in total. The van der Waals surface area contributed by atoms with Gasteiger partial charge in [0.25, 0.3) is 5.91 Å². The topological polar surface area (TPSA) is 76.5 Å². The fourth-order valence-electron chi connectivity index (χ4n) is 4.60. The maximum absolute atomic E-state index is 13.4. The lowest BCUT2D eigenvalue weighted by Crippen LogP contribution is -2.37. The third-order valence-corrected chi connectivity index (χ3v) is 6.33. The minimum Gasteiger partial charge on any atom is -0.376 e. The summed E-state index contributed by atoms with van der Waals surface area (Å²) in [5, 5.41) is 2.95. The van der Waals surface area contributed by atoms with E-state index in [4.69, 9.17) is 9.72 Å². The molecule has 2 atom stereocenters. The van der Waals surface area contributed by atoms with Crippen LogP contribution in [0.4, 0.5) is 11.6 Å². The Bertz CT molecular complexity index is 1150. The average molecular weight is 433 g/mol. The van der Waals surface area contributed by atoms with E-state index in [9.17, 15) is 9.59 Å². The Kier molecular flexibility index (Phi) is 5.43. The van der Waals surface area contributed by atoms with Crippen molar-refractivity contribution in [2.24, 2.45) is 0 Å². The van der Waals surface area contributed by atoms with Crippen LogP contribution in [0.5, 0.6) is 0 Å². The smallest absolute Gasteiger partial charge is 0.253 e. The number of aromatic nitrogens is 2. The van der Waals surface area contributed by atoms with Crippen LogP contribution in [0, 0.1) is 0 Å². The molecule has 2 aliphatic rings. The van der Waals surface area contributed by atoms with Gasteiger partial charge in [-0.1, -0.05) is 38.1 Å². The maximum Gasteiger partial charge on any atom is 0.253 e. The molecule has 2 aromatic carbocycles. The van der Waals surface area contributed by atoms with Gasteiger partial charge >= 0.3 is 0 Å². The van der Waals surface area contributed by atoms with Crippen molar-refractivity contribution in [3.8, 4) is 0 Å². The van der Waals surface area contributed by atoms with Crippen molar-refractivity contribution in [1.82, 2.24) is 9.55 Å². The number of nitrogens with zero attached hydrogens (tertiary/aromatic N) is 3. The van der Waals surface area contributed by atoms with Gasteiger partial charge in [0.2, 0.25) is 11.9 Å². The lowest BCUT2D eigenvalue weighted by Gasteiger charge is -2.19. The zero-order valence-corrected chi connectivity index (χ0v) is 18.5. The fourth-order valence-corrected chi connectivity index (χ4v) is 4.60. The summed E-state index contributed by atoms with van der Waals surface area (Å²) in [5.41, 5.74) is 3.64. The van der Waals surface area contributed by atoms with Crippen molar-refractivity contribution in [2.45, 2.75) is 51.2 Å². The fraction of sp³-hybridized carbons (Fsp3) is 0.400. The predicted molar refractivity (Wildman–Crippen MR) is 124 cm³/mol. The third-order valence-electron chi connectivity index (χ3n) is 6.33. The molecular weight excluding hydrogens is 404 g/mol. The molecular formula is C25H28N4O3. The van der Waals surface area contributed by atoms with Gasteiger partial charge in [0.15, 0.2) is 0 Å². The second kappa shape index (κ2) is 8.39. The first-order valence-corrected chi connectivity index (χ1v) is 11.3.